The van der Waals surface area contributed by atoms with Crippen LogP contribution in [0.4, 0.5) is 0 Å². The normalized spacial score (nSPS) is 19.5. The molecule has 1 aliphatic rings. The lowest BCUT2D eigenvalue weighted by Gasteiger charge is -2.05. The Kier molecular flexibility index (Phi) is 1.93. The van der Waals surface area contributed by atoms with Gasteiger partial charge in [-0.25, -0.2) is 0 Å². The van der Waals surface area contributed by atoms with Crippen LogP contribution in [0.25, 0.3) is 0 Å². The topological polar surface area (TPSA) is 33.4 Å². The molecule has 66 valence electrons. The number of aliphatic hydroxyl groups excluding tert-OH is 1. The van der Waals surface area contributed by atoms with Gasteiger partial charge in [0.25, 0.3) is 0 Å². The molecule has 1 saturated carbocycles. The number of hydrogen-bond acceptors (Lipinski definition) is 2. The van der Waals surface area contributed by atoms with E-state index in [9.17, 15) is 5.11 Å². The first-order valence-corrected chi connectivity index (χ1v) is 4.50. The van der Waals surface area contributed by atoms with Gasteiger partial charge in [0.2, 0.25) is 0 Å². The molecule has 1 aromatic heterocycles. The van der Waals surface area contributed by atoms with Gasteiger partial charge in [-0.05, 0) is 31.4 Å². The molecule has 0 bridgehead atoms. The maximum absolute atomic E-state index is 9.65. The lowest BCUT2D eigenvalue weighted by molar-refractivity contribution is 0.132. The van der Waals surface area contributed by atoms with E-state index in [2.05, 4.69) is 0 Å². The molecule has 0 aliphatic heterocycles. The van der Waals surface area contributed by atoms with Gasteiger partial charge in [-0.15, -0.1) is 0 Å². The summed E-state index contributed by atoms with van der Waals surface area (Å²) < 4.78 is 5.32. The first kappa shape index (κ1) is 7.87. The third-order valence-electron chi connectivity index (χ3n) is 2.34. The van der Waals surface area contributed by atoms with E-state index in [-0.39, 0.29) is 6.10 Å². The Bertz CT molecular complexity index is 261. The van der Waals surface area contributed by atoms with E-state index in [4.69, 9.17) is 4.42 Å². The minimum atomic E-state index is -0.383. The largest absolute Gasteiger partial charge is 0.464 e. The zero-order valence-electron chi connectivity index (χ0n) is 7.29. The van der Waals surface area contributed by atoms with E-state index >= 15 is 0 Å². The van der Waals surface area contributed by atoms with Gasteiger partial charge in [-0.2, -0.15) is 0 Å². The van der Waals surface area contributed by atoms with Gasteiger partial charge in [0.05, 0.1) is 0 Å². The Labute approximate surface area is 72.2 Å². The van der Waals surface area contributed by atoms with E-state index in [1.165, 1.54) is 12.8 Å². The van der Waals surface area contributed by atoms with Gasteiger partial charge in [0.1, 0.15) is 17.6 Å². The van der Waals surface area contributed by atoms with Crippen molar-refractivity contribution in [3.63, 3.8) is 0 Å². The Morgan fingerprint density at radius 1 is 1.58 bits per heavy atom. The molecule has 0 saturated heterocycles. The fourth-order valence-electron chi connectivity index (χ4n) is 1.42. The van der Waals surface area contributed by atoms with Crippen molar-refractivity contribution < 1.29 is 9.52 Å². The minimum Gasteiger partial charge on any atom is -0.464 e. The molecule has 1 aliphatic carbocycles. The highest BCUT2D eigenvalue weighted by Crippen LogP contribution is 2.37. The summed E-state index contributed by atoms with van der Waals surface area (Å²) in [7, 11) is 0. The van der Waals surface area contributed by atoms with Gasteiger partial charge >= 0.3 is 0 Å². The van der Waals surface area contributed by atoms with Crippen molar-refractivity contribution >= 4 is 0 Å². The first-order valence-electron chi connectivity index (χ1n) is 4.50. The van der Waals surface area contributed by atoms with Crippen LogP contribution >= 0.6 is 0 Å². The Morgan fingerprint density at radius 3 is 2.83 bits per heavy atom. The second-order valence-electron chi connectivity index (χ2n) is 3.64. The van der Waals surface area contributed by atoms with Crippen LogP contribution < -0.4 is 0 Å². The number of aliphatic hydroxyl groups is 1. The Morgan fingerprint density at radius 2 is 2.33 bits per heavy atom. The van der Waals surface area contributed by atoms with E-state index in [0.717, 1.165) is 23.9 Å². The lowest BCUT2D eigenvalue weighted by atomic mass is 10.1. The number of rotatable bonds is 3. The zero-order chi connectivity index (χ0) is 8.55. The molecule has 0 amide bonds. The Balaban J connectivity index is 1.97. The summed E-state index contributed by atoms with van der Waals surface area (Å²) in [6, 6.07) is 3.76. The highest BCUT2D eigenvalue weighted by molar-refractivity contribution is 5.08. The predicted molar refractivity (Wildman–Crippen MR) is 45.7 cm³/mol. The number of hydrogen-bond donors (Lipinski definition) is 1. The van der Waals surface area contributed by atoms with Gasteiger partial charge < -0.3 is 9.52 Å². The molecule has 1 unspecified atom stereocenters. The van der Waals surface area contributed by atoms with Crippen LogP contribution in [-0.4, -0.2) is 5.11 Å². The van der Waals surface area contributed by atoms with Crippen molar-refractivity contribution in [3.05, 3.63) is 23.7 Å². The summed E-state index contributed by atoms with van der Waals surface area (Å²) in [5.74, 6) is 2.34. The summed E-state index contributed by atoms with van der Waals surface area (Å²) in [6.07, 6.45) is 3.03. The molecule has 0 spiro atoms. The van der Waals surface area contributed by atoms with Crippen molar-refractivity contribution in [2.45, 2.75) is 32.3 Å². The van der Waals surface area contributed by atoms with Crippen LogP contribution in [0.3, 0.4) is 0 Å². The Hall–Kier alpha value is -0.760. The monoisotopic (exact) mass is 166 g/mol. The summed E-state index contributed by atoms with van der Waals surface area (Å²) >= 11 is 0. The van der Waals surface area contributed by atoms with Crippen LogP contribution in [0.2, 0.25) is 0 Å². The third-order valence-corrected chi connectivity index (χ3v) is 2.34. The van der Waals surface area contributed by atoms with Crippen LogP contribution in [0.15, 0.2) is 16.5 Å². The highest BCUT2D eigenvalue weighted by Gasteiger charge is 2.26. The molecule has 1 fully saturated rings. The maximum Gasteiger partial charge on any atom is 0.132 e. The number of furan rings is 1. The smallest absolute Gasteiger partial charge is 0.132 e. The fraction of sp³-hybridized carbons (Fsp3) is 0.600. The standard InChI is InChI=1S/C10H14O2/c1-7-2-5-10(12-7)9(11)6-8-3-4-8/h2,5,8-9,11H,3-4,6H2,1H3. The second-order valence-corrected chi connectivity index (χ2v) is 3.64. The molecule has 1 atom stereocenters. The van der Waals surface area contributed by atoms with Crippen molar-refractivity contribution in [1.29, 1.82) is 0 Å². The minimum absolute atomic E-state index is 0.383. The quantitative estimate of drug-likeness (QED) is 0.748. The van der Waals surface area contributed by atoms with Crippen LogP contribution in [0, 0.1) is 12.8 Å². The lowest BCUT2D eigenvalue weighted by Crippen LogP contribution is -1.96. The average molecular weight is 166 g/mol. The van der Waals surface area contributed by atoms with E-state index < -0.39 is 0 Å². The molecule has 2 rings (SSSR count). The van der Waals surface area contributed by atoms with Gasteiger partial charge in [0, 0.05) is 0 Å². The summed E-state index contributed by atoms with van der Waals surface area (Å²) in [5.41, 5.74) is 0. The molecule has 12 heavy (non-hydrogen) atoms. The zero-order valence-corrected chi connectivity index (χ0v) is 7.29. The predicted octanol–water partition coefficient (Wildman–Crippen LogP) is 2.42. The molecular formula is C10H14O2. The SMILES string of the molecule is Cc1ccc(C(O)CC2CC2)o1. The maximum atomic E-state index is 9.65. The van der Waals surface area contributed by atoms with E-state index in [0.29, 0.717) is 0 Å². The summed E-state index contributed by atoms with van der Waals surface area (Å²) in [6.45, 7) is 1.90. The average Bonchev–Trinajstić information content (AvgIpc) is 2.72. The van der Waals surface area contributed by atoms with Gasteiger partial charge in [-0.3, -0.25) is 0 Å². The molecule has 2 nitrogen and oxygen atoms in total. The number of aryl methyl sites for hydroxylation is 1. The van der Waals surface area contributed by atoms with Gasteiger partial charge in [0.15, 0.2) is 0 Å². The molecule has 1 N–H and O–H groups in total. The van der Waals surface area contributed by atoms with Crippen molar-refractivity contribution in [1.82, 2.24) is 0 Å². The second kappa shape index (κ2) is 2.94. The van der Waals surface area contributed by atoms with Crippen LogP contribution in [-0.2, 0) is 0 Å². The van der Waals surface area contributed by atoms with Crippen molar-refractivity contribution in [3.8, 4) is 0 Å². The van der Waals surface area contributed by atoms with E-state index in [1.807, 2.05) is 19.1 Å². The molecule has 1 aromatic rings. The van der Waals surface area contributed by atoms with Crippen LogP contribution in [0.1, 0.15) is 36.9 Å². The van der Waals surface area contributed by atoms with Gasteiger partial charge in [-0.1, -0.05) is 12.8 Å². The third kappa shape index (κ3) is 1.69. The van der Waals surface area contributed by atoms with Crippen LogP contribution in [0.5, 0.6) is 0 Å². The van der Waals surface area contributed by atoms with Crippen molar-refractivity contribution in [2.24, 2.45) is 5.92 Å². The molecule has 2 heteroatoms. The summed E-state index contributed by atoms with van der Waals surface area (Å²) in [5, 5.41) is 9.65. The molecular weight excluding hydrogens is 152 g/mol. The first-order chi connectivity index (χ1) is 5.75. The molecule has 1 heterocycles. The van der Waals surface area contributed by atoms with E-state index in [1.54, 1.807) is 0 Å². The fourth-order valence-corrected chi connectivity index (χ4v) is 1.42. The molecule has 0 radical (unpaired) electrons. The molecule has 0 aromatic carbocycles. The summed E-state index contributed by atoms with van der Waals surface area (Å²) in [4.78, 5) is 0. The van der Waals surface area contributed by atoms with Crippen molar-refractivity contribution in [2.75, 3.05) is 0 Å². The highest BCUT2D eigenvalue weighted by atomic mass is 16.4.